The lowest BCUT2D eigenvalue weighted by atomic mass is 10.1. The summed E-state index contributed by atoms with van der Waals surface area (Å²) in [5, 5.41) is 54.8. The molecular weight excluding hydrogens is 705 g/mol. The Balaban J connectivity index is 1.52. The Labute approximate surface area is 285 Å². The Hall–Kier alpha value is -4.74. The van der Waals surface area contributed by atoms with Gasteiger partial charge >= 0.3 is 0 Å². The van der Waals surface area contributed by atoms with E-state index in [-0.39, 0.29) is 27.0 Å². The average Bonchev–Trinajstić information content (AvgIpc) is 3.07. The van der Waals surface area contributed by atoms with Crippen LogP contribution in [0.25, 0.3) is 21.5 Å². The van der Waals surface area contributed by atoms with Gasteiger partial charge in [0.2, 0.25) is 0 Å². The molecule has 0 saturated heterocycles. The predicted molar refractivity (Wildman–Crippen MR) is 180 cm³/mol. The van der Waals surface area contributed by atoms with Crippen LogP contribution >= 0.6 is 24.1 Å². The first-order valence-electron chi connectivity index (χ1n) is 13.5. The Bertz CT molecular complexity index is 2230. The van der Waals surface area contributed by atoms with E-state index in [0.717, 1.165) is 34.9 Å². The molecule has 0 aliphatic carbocycles. The number of aliphatic imine (C=N–C) groups is 1. The summed E-state index contributed by atoms with van der Waals surface area (Å²) in [7, 11) is -3.26. The van der Waals surface area contributed by atoms with Gasteiger partial charge in [0.05, 0.1) is 58.8 Å². The quantitative estimate of drug-likeness (QED) is 0.0111. The minimum absolute atomic E-state index is 0.0462. The highest BCUT2D eigenvalue weighted by Gasteiger charge is 2.21. The number of phenols is 1. The predicted octanol–water partition coefficient (Wildman–Crippen LogP) is 8.83. The van der Waals surface area contributed by atoms with Gasteiger partial charge in [0.25, 0.3) is 10.1 Å². The van der Waals surface area contributed by atoms with Crippen molar-refractivity contribution in [3.05, 3.63) is 72.3 Å². The van der Waals surface area contributed by atoms with Crippen molar-refractivity contribution in [2.45, 2.75) is 21.6 Å². The summed E-state index contributed by atoms with van der Waals surface area (Å²) in [5.74, 6) is -0.463. The Morgan fingerprint density at radius 1 is 0.796 bits per heavy atom. The molecule has 0 unspecified atom stereocenters. The molecule has 5 rings (SSSR count). The van der Waals surface area contributed by atoms with E-state index in [9.17, 15) is 18.1 Å². The third-order valence-electron chi connectivity index (χ3n) is 6.69. The maximum atomic E-state index is 11.8. The van der Waals surface area contributed by atoms with Crippen LogP contribution < -0.4 is 5.73 Å². The number of phenolic OH excluding ortho intramolecular Hbond substituents is 1. The van der Waals surface area contributed by atoms with Crippen molar-refractivity contribution in [3.8, 4) is 5.75 Å². The zero-order valence-electron chi connectivity index (χ0n) is 25.1. The molecule has 0 spiro atoms. The number of aryl methyl sites for hydroxylation is 1. The van der Waals surface area contributed by atoms with Gasteiger partial charge in [-0.05, 0) is 83.2 Å². The van der Waals surface area contributed by atoms with Crippen molar-refractivity contribution >= 4 is 96.3 Å². The number of hydrogen-bond acceptors (Lipinski definition) is 18. The summed E-state index contributed by atoms with van der Waals surface area (Å²) in [4.78, 5) is 4.44. The van der Waals surface area contributed by atoms with E-state index in [0.29, 0.717) is 45.3 Å². The molecule has 0 heterocycles. The number of azo groups is 2. The third-order valence-corrected chi connectivity index (χ3v) is 8.80. The van der Waals surface area contributed by atoms with E-state index in [1.54, 1.807) is 31.2 Å². The summed E-state index contributed by atoms with van der Waals surface area (Å²) in [5.41, 5.74) is 7.47. The van der Waals surface area contributed by atoms with Crippen LogP contribution in [-0.2, 0) is 33.6 Å². The van der Waals surface area contributed by atoms with E-state index in [2.05, 4.69) is 44.2 Å². The third kappa shape index (κ3) is 8.47. The number of anilines is 1. The lowest BCUT2D eigenvalue weighted by Gasteiger charge is -2.11. The second-order valence-electron chi connectivity index (χ2n) is 9.80. The molecule has 0 aliphatic rings. The van der Waals surface area contributed by atoms with Crippen LogP contribution in [0, 0.1) is 6.92 Å². The number of fused-ring (bicyclic) bond motifs is 2. The van der Waals surface area contributed by atoms with Gasteiger partial charge in [0.1, 0.15) is 16.3 Å². The molecule has 254 valence electrons. The first-order valence-corrected chi connectivity index (χ1v) is 16.4. The molecule has 0 aliphatic heterocycles. The van der Waals surface area contributed by atoms with E-state index in [1.165, 1.54) is 19.6 Å². The number of aromatic hydroxyl groups is 1. The molecule has 6 N–H and O–H groups in total. The van der Waals surface area contributed by atoms with Gasteiger partial charge in [-0.3, -0.25) is 4.55 Å². The fraction of sp³-hybridized carbons (Fsp3) is 0.0690. The molecule has 0 amide bonds. The molecule has 0 aromatic heterocycles. The molecule has 0 atom stereocenters. The molecule has 0 fully saturated rings. The van der Waals surface area contributed by atoms with Crippen molar-refractivity contribution in [2.75, 3.05) is 12.8 Å². The lowest BCUT2D eigenvalue weighted by Crippen LogP contribution is -2.03. The molecule has 5 aromatic rings. The normalized spacial score (nSPS) is 12.3. The van der Waals surface area contributed by atoms with E-state index >= 15 is 0 Å². The van der Waals surface area contributed by atoms with Crippen LogP contribution in [-0.4, -0.2) is 42.1 Å². The smallest absolute Gasteiger partial charge is 0.296 e. The van der Waals surface area contributed by atoms with E-state index in [1.807, 2.05) is 24.3 Å². The zero-order valence-corrected chi connectivity index (χ0v) is 27.6. The maximum Gasteiger partial charge on any atom is 0.296 e. The van der Waals surface area contributed by atoms with Gasteiger partial charge in [0, 0.05) is 10.3 Å². The number of nitrogens with two attached hydrogens (primary N) is 1. The fourth-order valence-corrected chi connectivity index (χ4v) is 6.03. The number of nitrogens with zero attached hydrogens (tertiary/aromatic N) is 5. The van der Waals surface area contributed by atoms with Crippen molar-refractivity contribution in [1.29, 1.82) is 0 Å². The maximum absolute atomic E-state index is 11.8. The van der Waals surface area contributed by atoms with Gasteiger partial charge in [-0.1, -0.05) is 22.2 Å². The molecule has 0 bridgehead atoms. The van der Waals surface area contributed by atoms with Crippen LogP contribution in [0.2, 0.25) is 0 Å². The molecule has 17 nitrogen and oxygen atoms in total. The van der Waals surface area contributed by atoms with Crippen molar-refractivity contribution in [1.82, 2.24) is 0 Å². The number of rotatable bonds is 13. The number of ether oxygens (including phenoxy) is 1. The van der Waals surface area contributed by atoms with Crippen molar-refractivity contribution in [3.63, 3.8) is 0 Å². The van der Waals surface area contributed by atoms with Crippen LogP contribution in [0.15, 0.2) is 107 Å². The van der Waals surface area contributed by atoms with Crippen molar-refractivity contribution < 1.29 is 52.1 Å². The monoisotopic (exact) mass is 728 g/mol. The van der Waals surface area contributed by atoms with E-state index in [4.69, 9.17) is 21.0 Å². The summed E-state index contributed by atoms with van der Waals surface area (Å²) in [6.45, 7) is 1.74. The minimum Gasteiger partial charge on any atom is -0.505 e. The molecule has 20 heteroatoms. The highest BCUT2D eigenvalue weighted by Crippen LogP contribution is 2.46. The Morgan fingerprint density at radius 2 is 1.53 bits per heavy atom. The second-order valence-corrected chi connectivity index (χ2v) is 12.7. The average molecular weight is 729 g/mol. The highest BCUT2D eigenvalue weighted by molar-refractivity contribution is 7.95. The molecular formula is C29H24N6O11S3. The second kappa shape index (κ2) is 15.7. The van der Waals surface area contributed by atoms with Gasteiger partial charge in [-0.25, -0.2) is 15.5 Å². The topological polar surface area (TPSA) is 249 Å². The molecule has 49 heavy (non-hydrogen) atoms. The van der Waals surface area contributed by atoms with E-state index < -0.39 is 20.8 Å². The number of hydrogen-bond donors (Lipinski definition) is 5. The fourth-order valence-electron chi connectivity index (χ4n) is 4.49. The number of benzene rings is 5. The Kier molecular flexibility index (Phi) is 11.4. The summed E-state index contributed by atoms with van der Waals surface area (Å²) in [6.07, 6.45) is 1.19. The molecule has 0 saturated carbocycles. The Morgan fingerprint density at radius 3 is 2.27 bits per heavy atom. The van der Waals surface area contributed by atoms with Gasteiger partial charge < -0.3 is 15.6 Å². The number of methoxy groups -OCH3 is 1. The molecule has 0 radical (unpaired) electrons. The highest BCUT2D eigenvalue weighted by atomic mass is 32.2. The van der Waals surface area contributed by atoms with Crippen LogP contribution in [0.4, 0.5) is 34.1 Å². The zero-order chi connectivity index (χ0) is 35.1. The van der Waals surface area contributed by atoms with Crippen LogP contribution in [0.5, 0.6) is 5.75 Å². The first-order chi connectivity index (χ1) is 23.5. The van der Waals surface area contributed by atoms with Gasteiger partial charge in [-0.15, -0.1) is 18.9 Å². The van der Waals surface area contributed by atoms with Crippen LogP contribution in [0.1, 0.15) is 5.56 Å². The number of nitrogen functional groups attached to an aromatic ring is 1. The standard InChI is InChI=1S/C29H24N6O11S3/c1-15-7-25(34-32-19-5-3-16-4-6-20(47-45-43-37)9-17(16)8-19)24(31-14-42-2)13-23(15)33-35-28-26(48-46-44-38)10-18-11-27(49(39,40)41)22(30)12-21(18)29(28)36/h3-14,36-38H,30H2,1-2H3,(H,39,40,41)/b31-14-,34-32?,35-33?. The summed E-state index contributed by atoms with van der Waals surface area (Å²) < 4.78 is 47.1. The lowest BCUT2D eigenvalue weighted by molar-refractivity contribution is -0.432. The summed E-state index contributed by atoms with van der Waals surface area (Å²) >= 11 is 1.27. The van der Waals surface area contributed by atoms with Crippen molar-refractivity contribution in [2.24, 2.45) is 25.4 Å². The van der Waals surface area contributed by atoms with Gasteiger partial charge in [0.15, 0.2) is 12.2 Å². The largest absolute Gasteiger partial charge is 0.505 e. The van der Waals surface area contributed by atoms with Gasteiger partial charge in [-0.2, -0.15) is 18.6 Å². The first kappa shape index (κ1) is 35.6. The minimum atomic E-state index is -4.68. The van der Waals surface area contributed by atoms with Crippen LogP contribution in [0.3, 0.4) is 0 Å². The summed E-state index contributed by atoms with van der Waals surface area (Å²) in [6, 6.07) is 17.7. The SMILES string of the molecule is CO/C=N\c1cc(N=Nc2c(SOOO)cc3cc(S(=O)(=O)O)c(N)cc3c2O)c(C)cc1N=Nc1ccc2ccc(SOOO)cc2c1. The molecule has 5 aromatic carbocycles.